The van der Waals surface area contributed by atoms with Gasteiger partial charge in [0.15, 0.2) is 0 Å². The number of carbonyl (C=O) groups is 1. The fraction of sp³-hybridized carbons (Fsp3) is 0.731. The van der Waals surface area contributed by atoms with Crippen molar-refractivity contribution in [3.63, 3.8) is 0 Å². The first-order valence-corrected chi connectivity index (χ1v) is 14.8. The minimum Gasteiger partial charge on any atom is -0.489 e. The summed E-state index contributed by atoms with van der Waals surface area (Å²) in [4.78, 5) is 14.8. The largest absolute Gasteiger partial charge is 0.489 e. The van der Waals surface area contributed by atoms with Crippen LogP contribution in [0.1, 0.15) is 92.5 Å². The van der Waals surface area contributed by atoms with Crippen LogP contribution in [0, 0.1) is 17.2 Å². The maximum absolute atomic E-state index is 14.8. The molecule has 1 unspecified atom stereocenters. The Balaban J connectivity index is 1.22. The van der Waals surface area contributed by atoms with Crippen LogP contribution in [0.15, 0.2) is 12.1 Å². The van der Waals surface area contributed by atoms with Gasteiger partial charge in [-0.25, -0.2) is 17.5 Å². The number of ether oxygens (including phenoxy) is 1. The zero-order valence-electron chi connectivity index (χ0n) is 20.2. The van der Waals surface area contributed by atoms with Gasteiger partial charge in [0.25, 0.3) is 5.91 Å². The van der Waals surface area contributed by atoms with Crippen molar-refractivity contribution in [3.05, 3.63) is 29.1 Å². The van der Waals surface area contributed by atoms with Gasteiger partial charge in [-0.1, -0.05) is 6.42 Å². The molecule has 4 aliphatic rings. The second-order valence-electron chi connectivity index (χ2n) is 11.3. The molecule has 3 aliphatic carbocycles. The predicted molar refractivity (Wildman–Crippen MR) is 129 cm³/mol. The van der Waals surface area contributed by atoms with E-state index < -0.39 is 21.7 Å². The van der Waals surface area contributed by atoms with Crippen LogP contribution in [-0.4, -0.2) is 51.2 Å². The molecule has 8 heteroatoms. The van der Waals surface area contributed by atoms with Crippen LogP contribution in [0.5, 0.6) is 5.75 Å². The summed E-state index contributed by atoms with van der Waals surface area (Å²) >= 11 is 0. The van der Waals surface area contributed by atoms with E-state index in [-0.39, 0.29) is 17.6 Å². The molecular formula is C26H37FN2O4S. The van der Waals surface area contributed by atoms with E-state index in [0.717, 1.165) is 63.1 Å². The minimum atomic E-state index is -3.76. The van der Waals surface area contributed by atoms with Crippen LogP contribution in [0.3, 0.4) is 0 Å². The van der Waals surface area contributed by atoms with Crippen molar-refractivity contribution in [2.24, 2.45) is 11.3 Å². The molecule has 34 heavy (non-hydrogen) atoms. The highest BCUT2D eigenvalue weighted by Crippen LogP contribution is 2.52. The second kappa shape index (κ2) is 9.41. The van der Waals surface area contributed by atoms with Crippen molar-refractivity contribution < 1.29 is 22.3 Å². The molecule has 1 spiro atoms. The molecule has 5 rings (SSSR count). The fourth-order valence-corrected chi connectivity index (χ4v) is 6.70. The third kappa shape index (κ3) is 5.59. The molecule has 1 heterocycles. The van der Waals surface area contributed by atoms with Crippen LogP contribution >= 0.6 is 0 Å². The van der Waals surface area contributed by atoms with Crippen LogP contribution in [0.25, 0.3) is 0 Å². The van der Waals surface area contributed by atoms with Gasteiger partial charge in [-0.3, -0.25) is 9.69 Å². The Labute approximate surface area is 202 Å². The monoisotopic (exact) mass is 492 g/mol. The molecule has 1 saturated heterocycles. The minimum absolute atomic E-state index is 0.00270. The van der Waals surface area contributed by atoms with Crippen molar-refractivity contribution in [3.8, 4) is 5.75 Å². The Hall–Kier alpha value is -1.67. The summed E-state index contributed by atoms with van der Waals surface area (Å²) in [6, 6.07) is 2.77. The van der Waals surface area contributed by atoms with E-state index in [2.05, 4.69) is 4.90 Å². The Bertz CT molecular complexity index is 1030. The number of sulfonamides is 1. The number of nitrogens with zero attached hydrogens (tertiary/aromatic N) is 1. The number of rotatable bonds is 7. The van der Waals surface area contributed by atoms with Crippen LogP contribution in [0.4, 0.5) is 4.39 Å². The lowest BCUT2D eigenvalue weighted by Crippen LogP contribution is -2.44. The van der Waals surface area contributed by atoms with E-state index in [9.17, 15) is 17.6 Å². The van der Waals surface area contributed by atoms with Crippen LogP contribution in [0.2, 0.25) is 0 Å². The summed E-state index contributed by atoms with van der Waals surface area (Å²) < 4.78 is 45.9. The highest BCUT2D eigenvalue weighted by molar-refractivity contribution is 7.89. The lowest BCUT2D eigenvalue weighted by atomic mass is 9.59. The third-order valence-corrected chi connectivity index (χ3v) is 9.05. The van der Waals surface area contributed by atoms with E-state index in [4.69, 9.17) is 4.74 Å². The first kappa shape index (κ1) is 24.0. The topological polar surface area (TPSA) is 75.7 Å². The second-order valence-corrected chi connectivity index (χ2v) is 13.0. The number of amides is 1. The number of likely N-dealkylation sites (tertiary alicyclic amines) is 1. The fourth-order valence-electron chi connectivity index (χ4n) is 6.25. The molecule has 0 aromatic heterocycles. The highest BCUT2D eigenvalue weighted by Gasteiger charge is 2.40. The summed E-state index contributed by atoms with van der Waals surface area (Å²) in [5.41, 5.74) is 1.26. The molecule has 1 N–H and O–H groups in total. The Morgan fingerprint density at radius 3 is 2.47 bits per heavy atom. The normalized spacial score (nSPS) is 25.6. The van der Waals surface area contributed by atoms with Gasteiger partial charge in [-0.05, 0) is 99.6 Å². The lowest BCUT2D eigenvalue weighted by Gasteiger charge is -2.48. The van der Waals surface area contributed by atoms with Crippen LogP contribution < -0.4 is 9.46 Å². The standard InChI is InChI=1S/C26H37FN2O4S/c1-34(31,32)28-25(30)22-14-21(19-5-6-19)24(15-23(22)27)33-20-4-2-13-29(17-20)16-18-7-11-26(12-8-18)9-3-10-26/h14-15,18-20H,2-13,16-17H2,1H3,(H,28,30). The summed E-state index contributed by atoms with van der Waals surface area (Å²) in [6.45, 7) is 3.07. The van der Waals surface area contributed by atoms with Crippen molar-refractivity contribution in [1.29, 1.82) is 0 Å². The number of benzene rings is 1. The number of piperidine rings is 1. The van der Waals surface area contributed by atoms with E-state index in [1.165, 1.54) is 57.1 Å². The molecule has 0 bridgehead atoms. The van der Waals surface area contributed by atoms with Gasteiger partial charge in [0.1, 0.15) is 17.7 Å². The van der Waals surface area contributed by atoms with E-state index in [1.54, 1.807) is 0 Å². The molecule has 1 atom stereocenters. The molecule has 4 fully saturated rings. The third-order valence-electron chi connectivity index (χ3n) is 8.49. The van der Waals surface area contributed by atoms with Gasteiger partial charge in [0.2, 0.25) is 10.0 Å². The number of halogens is 1. The zero-order valence-corrected chi connectivity index (χ0v) is 21.0. The first-order chi connectivity index (χ1) is 16.2. The number of carbonyl (C=O) groups excluding carboxylic acids is 1. The highest BCUT2D eigenvalue weighted by atomic mass is 32.2. The number of nitrogens with one attached hydrogen (secondary N) is 1. The average molecular weight is 493 g/mol. The Morgan fingerprint density at radius 2 is 1.85 bits per heavy atom. The van der Waals surface area contributed by atoms with Gasteiger partial charge in [0.05, 0.1) is 11.8 Å². The lowest BCUT2D eigenvalue weighted by molar-refractivity contribution is 0.0307. The SMILES string of the molecule is CS(=O)(=O)NC(=O)c1cc(C2CC2)c(OC2CCCN(CC3CCC4(CCC4)CC3)C2)cc1F. The first-order valence-electron chi connectivity index (χ1n) is 12.9. The summed E-state index contributed by atoms with van der Waals surface area (Å²) in [5.74, 6) is -0.167. The molecule has 6 nitrogen and oxygen atoms in total. The number of hydrogen-bond donors (Lipinski definition) is 1. The molecule has 188 valence electrons. The van der Waals surface area contributed by atoms with Gasteiger partial charge < -0.3 is 4.74 Å². The molecule has 0 radical (unpaired) electrons. The van der Waals surface area contributed by atoms with Gasteiger partial charge in [-0.2, -0.15) is 0 Å². The molecule has 1 aromatic carbocycles. The molecule has 1 aromatic rings. The molecular weight excluding hydrogens is 455 g/mol. The Kier molecular flexibility index (Phi) is 6.66. The van der Waals surface area contributed by atoms with E-state index in [1.807, 2.05) is 4.72 Å². The smallest absolute Gasteiger partial charge is 0.267 e. The molecule has 1 amide bonds. The van der Waals surface area contributed by atoms with Crippen LogP contribution in [-0.2, 0) is 10.0 Å². The van der Waals surface area contributed by atoms with Gasteiger partial charge in [0, 0.05) is 19.2 Å². The van der Waals surface area contributed by atoms with Crippen molar-refractivity contribution in [1.82, 2.24) is 9.62 Å². The summed E-state index contributed by atoms with van der Waals surface area (Å²) in [6.07, 6.45) is 14.6. The zero-order chi connectivity index (χ0) is 23.9. The number of hydrogen-bond acceptors (Lipinski definition) is 5. The van der Waals surface area contributed by atoms with E-state index in [0.29, 0.717) is 11.2 Å². The molecule has 3 saturated carbocycles. The van der Waals surface area contributed by atoms with Gasteiger partial charge in [-0.15, -0.1) is 0 Å². The van der Waals surface area contributed by atoms with Crippen molar-refractivity contribution >= 4 is 15.9 Å². The average Bonchev–Trinajstić information content (AvgIpc) is 3.58. The predicted octanol–water partition coefficient (Wildman–Crippen LogP) is 4.60. The maximum atomic E-state index is 14.8. The molecule has 1 aliphatic heterocycles. The quantitative estimate of drug-likeness (QED) is 0.602. The van der Waals surface area contributed by atoms with Crippen molar-refractivity contribution in [2.75, 3.05) is 25.9 Å². The summed E-state index contributed by atoms with van der Waals surface area (Å²) in [7, 11) is -3.76. The summed E-state index contributed by atoms with van der Waals surface area (Å²) in [5, 5.41) is 0. The van der Waals surface area contributed by atoms with Crippen molar-refractivity contribution in [2.45, 2.75) is 82.7 Å². The Morgan fingerprint density at radius 1 is 1.12 bits per heavy atom. The van der Waals surface area contributed by atoms with E-state index >= 15 is 0 Å². The van der Waals surface area contributed by atoms with Gasteiger partial charge >= 0.3 is 0 Å². The maximum Gasteiger partial charge on any atom is 0.267 e.